The average molecular weight is 76.7 g/mol. The van der Waals surface area contributed by atoms with Crippen LogP contribution < -0.4 is 29.6 Å². The van der Waals surface area contributed by atoms with Crippen molar-refractivity contribution in [1.29, 1.82) is 5.26 Å². The molecular weight excluding hydrogens is 70.6 g/mol. The van der Waals surface area contributed by atoms with E-state index in [1.807, 2.05) is 5.97 Å². The monoisotopic (exact) mass is 77.1 g/mol. The first-order chi connectivity index (χ1) is 1.41. The van der Waals surface area contributed by atoms with Crippen LogP contribution in [0, 0.1) is 11.2 Å². The van der Waals surface area contributed by atoms with Gasteiger partial charge < -0.3 is 0 Å². The maximum absolute atomic E-state index is 7.43. The van der Waals surface area contributed by atoms with Gasteiger partial charge in [0, 0.05) is 0 Å². The first kappa shape index (κ1) is 17.5. The minimum absolute atomic E-state index is 0. The van der Waals surface area contributed by atoms with Gasteiger partial charge in [-0.15, -0.1) is 0 Å². The molecule has 0 fully saturated rings. The normalized spacial score (nSPS) is 1.60. The molecule has 0 aromatic heterocycles. The van der Waals surface area contributed by atoms with Gasteiger partial charge in [-0.05, 0) is 0 Å². The summed E-state index contributed by atoms with van der Waals surface area (Å²) < 4.78 is 0. The van der Waals surface area contributed by atoms with Crippen molar-refractivity contribution in [3.63, 3.8) is 0 Å². The van der Waals surface area contributed by atoms with Gasteiger partial charge in [0.15, 0.2) is 0 Å². The molecule has 0 aromatic rings. The molecule has 0 aliphatic rings. The molecule has 0 saturated carbocycles. The van der Waals surface area contributed by atoms with Gasteiger partial charge in [0.1, 0.15) is 0 Å². The molecule has 0 rings (SSSR count). The third-order valence-electron chi connectivity index (χ3n) is 0. The Bertz CT molecular complexity index is 31.1. The Morgan fingerprint density at radius 1 is 1.60 bits per heavy atom. The quantitative estimate of drug-likeness (QED) is 0.265. The van der Waals surface area contributed by atoms with Gasteiger partial charge in [-0.2, -0.15) is 5.97 Å². The third-order valence-corrected chi connectivity index (χ3v) is 0. The van der Waals surface area contributed by atoms with E-state index in [1.54, 1.807) is 0 Å². The van der Waals surface area contributed by atoms with E-state index in [4.69, 9.17) is 5.26 Å². The summed E-state index contributed by atoms with van der Waals surface area (Å²) in [6.45, 7) is 0. The van der Waals surface area contributed by atoms with Gasteiger partial charge >= 0.3 is 29.6 Å². The Hall–Kier alpha value is 0.620. The second-order valence-electron chi connectivity index (χ2n) is 0. The fraction of sp³-hybridized carbons (Fsp3) is 0. The number of hydrogen-bond acceptors (Lipinski definition) is 1. The summed E-state index contributed by atoms with van der Waals surface area (Å²) in [4.78, 5) is 0. The topological polar surface area (TPSA) is 23.8 Å². The Labute approximate surface area is 57.0 Å². The minimum atomic E-state index is 0. The van der Waals surface area contributed by atoms with Crippen molar-refractivity contribution in [3.8, 4) is 5.97 Å². The van der Waals surface area contributed by atoms with E-state index in [1.165, 1.54) is 0 Å². The van der Waals surface area contributed by atoms with Crippen molar-refractivity contribution in [1.82, 2.24) is 0 Å². The Balaban J connectivity index is -0.0000000200. The summed E-state index contributed by atoms with van der Waals surface area (Å²) in [5.41, 5.74) is 0. The molecule has 22 valence electrons. The van der Waals surface area contributed by atoms with Gasteiger partial charge in [-0.1, -0.05) is 0 Å². The number of nitrogens with zero attached hydrogens (tertiary/aromatic N) is 1. The van der Waals surface area contributed by atoms with Gasteiger partial charge in [0.05, 0.1) is 16.3 Å². The van der Waals surface area contributed by atoms with Crippen LogP contribution in [0.25, 0.3) is 0 Å². The SMILES string of the molecule is B.[BH3-]C#N.[Na+]. The Morgan fingerprint density at radius 2 is 1.60 bits per heavy atom. The average Bonchev–Trinajstić information content (AvgIpc) is 0.918. The molecule has 1 nitrogen and oxygen atoms in total. The fourth-order valence-corrected chi connectivity index (χ4v) is 0. The molecule has 0 saturated heterocycles. The van der Waals surface area contributed by atoms with Crippen molar-refractivity contribution in [2.24, 2.45) is 0 Å². The van der Waals surface area contributed by atoms with Crippen LogP contribution in [-0.2, 0) is 0 Å². The van der Waals surface area contributed by atoms with Crippen LogP contribution in [0.5, 0.6) is 0 Å². The number of hydrogen-bond donors (Lipinski definition) is 0. The van der Waals surface area contributed by atoms with Crippen molar-refractivity contribution in [3.05, 3.63) is 0 Å². The van der Waals surface area contributed by atoms with E-state index in [2.05, 4.69) is 0 Å². The largest absolute Gasteiger partial charge is 1.00 e. The van der Waals surface area contributed by atoms with Gasteiger partial charge in [0.2, 0.25) is 0 Å². The molecule has 5 heavy (non-hydrogen) atoms. The first-order valence-electron chi connectivity index (χ1n) is 0.224. The van der Waals surface area contributed by atoms with E-state index in [9.17, 15) is 0 Å². The summed E-state index contributed by atoms with van der Waals surface area (Å²) in [5.74, 6) is 2.00. The maximum Gasteiger partial charge on any atom is 1.00 e. The summed E-state index contributed by atoms with van der Waals surface area (Å²) in [6.07, 6.45) is 0. The number of nitriles is 1. The molecule has 0 bridgehead atoms. The second-order valence-corrected chi connectivity index (χ2v) is 0. The second kappa shape index (κ2) is 23.1. The van der Waals surface area contributed by atoms with E-state index in [0.29, 0.717) is 0 Å². The van der Waals surface area contributed by atoms with Crippen molar-refractivity contribution in [2.45, 2.75) is 0 Å². The van der Waals surface area contributed by atoms with E-state index < -0.39 is 0 Å². The van der Waals surface area contributed by atoms with Crippen LogP contribution >= 0.6 is 0 Å². The van der Waals surface area contributed by atoms with Crippen LogP contribution in [0.4, 0.5) is 0 Å². The Morgan fingerprint density at radius 3 is 1.60 bits per heavy atom. The number of rotatable bonds is 0. The summed E-state index contributed by atoms with van der Waals surface area (Å²) in [7, 11) is 0.0694. The molecule has 0 N–H and O–H groups in total. The van der Waals surface area contributed by atoms with E-state index in [0.717, 1.165) is 0 Å². The van der Waals surface area contributed by atoms with Crippen LogP contribution in [-0.4, -0.2) is 16.3 Å². The standard InChI is InChI=1S/CH3BN.BH3.Na/c2-1-3;;/h2H3;1H3;/q-1;;+1. The van der Waals surface area contributed by atoms with Crippen molar-refractivity contribution >= 4 is 16.3 Å². The molecule has 0 heterocycles. The van der Waals surface area contributed by atoms with Crippen molar-refractivity contribution < 1.29 is 29.6 Å². The molecule has 0 atom stereocenters. The molecule has 0 aliphatic heterocycles. The third kappa shape index (κ3) is 82.5. The van der Waals surface area contributed by atoms with Crippen LogP contribution in [0.1, 0.15) is 0 Å². The molecule has 4 heteroatoms. The first-order valence-corrected chi connectivity index (χ1v) is 0.224. The van der Waals surface area contributed by atoms with Crippen molar-refractivity contribution in [2.75, 3.05) is 0 Å². The smallest absolute Gasteiger partial charge is 0.251 e. The summed E-state index contributed by atoms with van der Waals surface area (Å²) in [6, 6.07) is 0. The molecule has 0 aliphatic carbocycles. The summed E-state index contributed by atoms with van der Waals surface area (Å²) in [5, 5.41) is 7.43. The molecular formula is CH6B2NNa. The zero-order chi connectivity index (χ0) is 2.71. The predicted molar refractivity (Wildman–Crippen MR) is 25.5 cm³/mol. The van der Waals surface area contributed by atoms with Crippen LogP contribution in [0.3, 0.4) is 0 Å². The van der Waals surface area contributed by atoms with Gasteiger partial charge in [-0.3, -0.25) is 5.26 Å². The predicted octanol–water partition coefficient (Wildman–Crippen LogP) is -5.35. The zero-order valence-corrected chi connectivity index (χ0v) is 3.95. The minimum Gasteiger partial charge on any atom is -0.251 e. The molecule has 0 unspecified atom stereocenters. The van der Waals surface area contributed by atoms with E-state index >= 15 is 0 Å². The molecule has 0 radical (unpaired) electrons. The molecule has 0 spiro atoms. The molecule has 0 aromatic carbocycles. The Kier molecular flexibility index (Phi) is 80.6. The zero-order valence-electron chi connectivity index (χ0n) is 1.95. The van der Waals surface area contributed by atoms with Gasteiger partial charge in [-0.25, -0.2) is 0 Å². The van der Waals surface area contributed by atoms with Gasteiger partial charge in [0.25, 0.3) is 0 Å². The maximum atomic E-state index is 7.43. The van der Waals surface area contributed by atoms with Crippen LogP contribution in [0.2, 0.25) is 0 Å². The molecule has 0 amide bonds. The summed E-state index contributed by atoms with van der Waals surface area (Å²) >= 11 is 0. The fourth-order valence-electron chi connectivity index (χ4n) is 0. The van der Waals surface area contributed by atoms with E-state index in [-0.39, 0.29) is 45.8 Å². The van der Waals surface area contributed by atoms with Crippen LogP contribution in [0.15, 0.2) is 0 Å².